The Morgan fingerprint density at radius 3 is 1.72 bits per heavy atom. The average molecular weight is 916 g/mol. The number of ether oxygens (including phenoxy) is 3. The predicted molar refractivity (Wildman–Crippen MR) is 254 cm³/mol. The quantitative estimate of drug-likeness (QED) is 0.118. The normalized spacial score (nSPS) is 29.2. The zero-order valence-corrected chi connectivity index (χ0v) is 40.5. The summed E-state index contributed by atoms with van der Waals surface area (Å²) in [5.41, 5.74) is 8.99. The van der Waals surface area contributed by atoms with Gasteiger partial charge in [0.15, 0.2) is 0 Å². The van der Waals surface area contributed by atoms with Gasteiger partial charge >= 0.3 is 5.97 Å². The molecule has 14 nitrogen and oxygen atoms in total. The van der Waals surface area contributed by atoms with E-state index in [4.69, 9.17) is 24.2 Å². The van der Waals surface area contributed by atoms with Crippen LogP contribution in [0.1, 0.15) is 141 Å². The van der Waals surface area contributed by atoms with Crippen molar-refractivity contribution in [1.82, 2.24) is 35.1 Å². The Balaban J connectivity index is 0.899. The van der Waals surface area contributed by atoms with Gasteiger partial charge in [0, 0.05) is 24.6 Å². The molecule has 0 saturated carbocycles. The lowest BCUT2D eigenvalue weighted by molar-refractivity contribution is -0.153. The van der Waals surface area contributed by atoms with E-state index in [0.717, 1.165) is 104 Å². The van der Waals surface area contributed by atoms with Gasteiger partial charge in [-0.15, -0.1) is 0 Å². The molecule has 10 atom stereocenters. The maximum Gasteiger partial charge on any atom is 0.306 e. The largest absolute Gasteiger partial charge is 0.469 e. The first-order valence-electron chi connectivity index (χ1n) is 24.8. The van der Waals surface area contributed by atoms with Crippen LogP contribution >= 0.6 is 0 Å². The molecule has 2 aromatic heterocycles. The molecule has 4 aromatic rings. The van der Waals surface area contributed by atoms with Crippen molar-refractivity contribution in [3.05, 3.63) is 71.6 Å². The van der Waals surface area contributed by atoms with E-state index in [1.165, 1.54) is 30.7 Å². The fourth-order valence-electron chi connectivity index (χ4n) is 12.4. The van der Waals surface area contributed by atoms with Crippen molar-refractivity contribution in [3.8, 4) is 33.6 Å². The van der Waals surface area contributed by atoms with E-state index in [9.17, 15) is 19.2 Å². The second-order valence-electron chi connectivity index (χ2n) is 20.5. The van der Waals surface area contributed by atoms with Gasteiger partial charge in [0.1, 0.15) is 17.7 Å². The van der Waals surface area contributed by atoms with Crippen LogP contribution in [0, 0.1) is 17.8 Å². The SMILES string of the molecule is COC(=O)C[C@H](C(=O)N1[C@@H](C)CC[C@H]1c1ncc(-c2ccc(-c3ccc(-c4cnc([C@@H]5CC[C@H](C)N5C(=O)[C@@H](NC(C)=O)C5C[C@@H](C)O[C@H](C)C5)[nH]4)cc3)c3c2CC3)[nH]1)C1C[C@@H](C)O[C@H](C)C1. The number of fused-ring (bicyclic) bond motifs is 1. The molecular formula is C53H69N7O7. The third-order valence-corrected chi connectivity index (χ3v) is 15.6. The highest BCUT2D eigenvalue weighted by Crippen LogP contribution is 2.44. The zero-order valence-electron chi connectivity index (χ0n) is 40.5. The molecule has 0 radical (unpaired) electrons. The number of methoxy groups -OCH3 is 1. The number of aromatic nitrogens is 4. The number of esters is 1. The van der Waals surface area contributed by atoms with Gasteiger partial charge in [-0.2, -0.15) is 0 Å². The van der Waals surface area contributed by atoms with Crippen molar-refractivity contribution in [2.24, 2.45) is 17.8 Å². The van der Waals surface area contributed by atoms with Crippen molar-refractivity contribution >= 4 is 23.7 Å². The van der Waals surface area contributed by atoms with Gasteiger partial charge in [-0.1, -0.05) is 36.4 Å². The van der Waals surface area contributed by atoms with Crippen molar-refractivity contribution < 1.29 is 33.4 Å². The highest BCUT2D eigenvalue weighted by molar-refractivity contribution is 5.88. The fraction of sp³-hybridized carbons (Fsp3) is 0.585. The monoisotopic (exact) mass is 916 g/mol. The predicted octanol–water partition coefficient (Wildman–Crippen LogP) is 8.43. The van der Waals surface area contributed by atoms with Gasteiger partial charge in [0.25, 0.3) is 0 Å². The van der Waals surface area contributed by atoms with E-state index in [-0.39, 0.29) is 90.5 Å². The molecule has 358 valence electrons. The second-order valence-corrected chi connectivity index (χ2v) is 20.5. The molecule has 0 unspecified atom stereocenters. The number of carbonyl (C=O) groups excluding carboxylic acids is 4. The Kier molecular flexibility index (Phi) is 13.5. The molecule has 9 rings (SSSR count). The smallest absolute Gasteiger partial charge is 0.306 e. The molecule has 4 fully saturated rings. The zero-order chi connectivity index (χ0) is 47.3. The van der Waals surface area contributed by atoms with Crippen LogP contribution in [0.2, 0.25) is 0 Å². The molecule has 3 N–H and O–H groups in total. The minimum atomic E-state index is -0.612. The first kappa shape index (κ1) is 46.8. The van der Waals surface area contributed by atoms with Gasteiger partial charge in [-0.25, -0.2) is 9.97 Å². The number of amides is 3. The van der Waals surface area contributed by atoms with E-state index in [0.29, 0.717) is 0 Å². The number of aromatic amines is 2. The van der Waals surface area contributed by atoms with Crippen LogP contribution in [-0.4, -0.2) is 103 Å². The summed E-state index contributed by atoms with van der Waals surface area (Å²) in [6, 6.07) is 12.0. The summed E-state index contributed by atoms with van der Waals surface area (Å²) >= 11 is 0. The number of rotatable bonds is 12. The number of imidazole rings is 2. The lowest BCUT2D eigenvalue weighted by atomic mass is 9.79. The van der Waals surface area contributed by atoms with Crippen LogP contribution in [0.25, 0.3) is 33.6 Å². The number of nitrogens with zero attached hydrogens (tertiary/aromatic N) is 4. The van der Waals surface area contributed by atoms with Crippen molar-refractivity contribution in [2.45, 2.75) is 174 Å². The van der Waals surface area contributed by atoms with Gasteiger partial charge < -0.3 is 39.3 Å². The van der Waals surface area contributed by atoms with Gasteiger partial charge in [-0.3, -0.25) is 19.2 Å². The topological polar surface area (TPSA) is 172 Å². The highest BCUT2D eigenvalue weighted by atomic mass is 16.5. The fourth-order valence-corrected chi connectivity index (χ4v) is 12.4. The Labute approximate surface area is 394 Å². The standard InChI is InChI=1S/C53H69N7O7/c1-28-9-19-46(59(28)52(63)43(25-48(62)65-8)37-21-30(3)66-31(4)22-37)51-55-27-45(58-51)42-18-15-39(40-16-17-41(40)42)35-11-13-36(14-12-35)44-26-54-50(57-44)47-20-10-29(2)60(47)53(64)49(56-34(7)61)38-23-32(5)67-33(6)24-38/h11-15,18,26-33,37-38,43,46-47,49H,9-10,16-17,19-25H2,1-8H3,(H,54,57)(H,55,58)(H,56,61)/t28-,29-,30+,31+,32+,33+,43-,46-,47-,49-/m0/s1. The lowest BCUT2D eigenvalue weighted by Crippen LogP contribution is -2.55. The molecule has 6 heterocycles. The molecule has 3 amide bonds. The Morgan fingerprint density at radius 1 is 0.672 bits per heavy atom. The summed E-state index contributed by atoms with van der Waals surface area (Å²) in [5, 5.41) is 3.02. The molecule has 2 aromatic carbocycles. The number of likely N-dealkylation sites (tertiary alicyclic amines) is 2. The van der Waals surface area contributed by atoms with E-state index in [2.05, 4.69) is 65.5 Å². The van der Waals surface area contributed by atoms with Crippen LogP contribution < -0.4 is 5.32 Å². The lowest BCUT2D eigenvalue weighted by Gasteiger charge is -2.39. The third kappa shape index (κ3) is 9.44. The van der Waals surface area contributed by atoms with Crippen LogP contribution in [0.3, 0.4) is 0 Å². The summed E-state index contributed by atoms with van der Waals surface area (Å²) < 4.78 is 17.1. The average Bonchev–Trinajstić information content (AvgIpc) is 4.11. The minimum Gasteiger partial charge on any atom is -0.469 e. The van der Waals surface area contributed by atoms with Crippen LogP contribution in [0.5, 0.6) is 0 Å². The van der Waals surface area contributed by atoms with Crippen LogP contribution in [0.4, 0.5) is 0 Å². The summed E-state index contributed by atoms with van der Waals surface area (Å²) in [5.74, 6) is 0.474. The number of hydrogen-bond acceptors (Lipinski definition) is 9. The number of benzene rings is 2. The van der Waals surface area contributed by atoms with E-state index < -0.39 is 12.0 Å². The molecule has 0 spiro atoms. The summed E-state index contributed by atoms with van der Waals surface area (Å²) in [6.45, 7) is 13.8. The molecule has 1 aliphatic carbocycles. The van der Waals surface area contributed by atoms with E-state index >= 15 is 0 Å². The van der Waals surface area contributed by atoms with Crippen LogP contribution in [0.15, 0.2) is 48.8 Å². The highest BCUT2D eigenvalue weighted by Gasteiger charge is 2.46. The summed E-state index contributed by atoms with van der Waals surface area (Å²) in [7, 11) is 1.39. The molecule has 4 saturated heterocycles. The minimum absolute atomic E-state index is 0.00246. The molecule has 0 bridgehead atoms. The van der Waals surface area contributed by atoms with Gasteiger partial charge in [0.05, 0.1) is 79.7 Å². The Bertz CT molecular complexity index is 2440. The van der Waals surface area contributed by atoms with Crippen molar-refractivity contribution in [1.29, 1.82) is 0 Å². The van der Waals surface area contributed by atoms with E-state index in [1.807, 2.05) is 49.9 Å². The number of hydrogen-bond donors (Lipinski definition) is 3. The second kappa shape index (κ2) is 19.3. The third-order valence-electron chi connectivity index (χ3n) is 15.6. The summed E-state index contributed by atoms with van der Waals surface area (Å²) in [6.07, 6.45) is 12.1. The number of nitrogens with one attached hydrogen (secondary N) is 3. The van der Waals surface area contributed by atoms with Crippen LogP contribution in [-0.2, 0) is 46.2 Å². The maximum absolute atomic E-state index is 14.6. The molecule has 67 heavy (non-hydrogen) atoms. The molecule has 5 aliphatic rings. The van der Waals surface area contributed by atoms with E-state index in [1.54, 1.807) is 0 Å². The molecular weight excluding hydrogens is 847 g/mol. The first-order chi connectivity index (χ1) is 32.2. The van der Waals surface area contributed by atoms with Gasteiger partial charge in [-0.05, 0) is 145 Å². The molecule has 14 heteroatoms. The van der Waals surface area contributed by atoms with Crippen molar-refractivity contribution in [2.75, 3.05) is 7.11 Å². The van der Waals surface area contributed by atoms with Gasteiger partial charge in [0.2, 0.25) is 17.7 Å². The van der Waals surface area contributed by atoms with Crippen molar-refractivity contribution in [3.63, 3.8) is 0 Å². The number of H-pyrrole nitrogens is 2. The Morgan fingerprint density at radius 2 is 1.16 bits per heavy atom. The number of carbonyl (C=O) groups is 4. The Hall–Kier alpha value is -5.34. The first-order valence-corrected chi connectivity index (χ1v) is 24.8. The maximum atomic E-state index is 14.6. The molecule has 4 aliphatic heterocycles. The summed E-state index contributed by atoms with van der Waals surface area (Å²) in [4.78, 5) is 75.0.